The molecule has 150 valence electrons. The van der Waals surface area contributed by atoms with Crippen LogP contribution in [0.5, 0.6) is 0 Å². The van der Waals surface area contributed by atoms with Gasteiger partial charge >= 0.3 is 0 Å². The Morgan fingerprint density at radius 1 is 0.962 bits per heavy atom. The maximum atomic E-state index is 13.8. The molecule has 0 saturated heterocycles. The highest BCUT2D eigenvalue weighted by atomic mass is 19.1. The Bertz CT molecular complexity index is 504. The number of unbranched alkanes of at least 4 members (excludes halogenated alkanes) is 5. The van der Waals surface area contributed by atoms with E-state index in [-0.39, 0.29) is 5.92 Å². The van der Waals surface area contributed by atoms with E-state index in [1.165, 1.54) is 52.0 Å². The maximum Gasteiger partial charge on any atom is 0.282 e. The van der Waals surface area contributed by atoms with E-state index in [0.29, 0.717) is 24.8 Å². The fourth-order valence-electron chi connectivity index (χ4n) is 3.36. The van der Waals surface area contributed by atoms with Crippen LogP contribution >= 0.6 is 0 Å². The Kier molecular flexibility index (Phi) is 10.9. The third-order valence-electron chi connectivity index (χ3n) is 5.02. The van der Waals surface area contributed by atoms with Crippen LogP contribution in [0.15, 0.2) is 18.2 Å². The molecule has 0 radical (unpaired) electrons. The zero-order chi connectivity index (χ0) is 19.4. The number of rotatable bonds is 14. The van der Waals surface area contributed by atoms with Crippen molar-refractivity contribution in [2.75, 3.05) is 14.2 Å². The van der Waals surface area contributed by atoms with E-state index >= 15 is 0 Å². The van der Waals surface area contributed by atoms with E-state index in [1.54, 1.807) is 0 Å². The van der Waals surface area contributed by atoms with Crippen molar-refractivity contribution in [1.82, 2.24) is 0 Å². The van der Waals surface area contributed by atoms with Crippen LogP contribution in [0, 0.1) is 17.6 Å². The van der Waals surface area contributed by atoms with Crippen LogP contribution in [0.25, 0.3) is 0 Å². The minimum atomic E-state index is -1.62. The predicted octanol–water partition coefficient (Wildman–Crippen LogP) is 5.59. The van der Waals surface area contributed by atoms with Crippen LogP contribution in [0.4, 0.5) is 8.78 Å². The Morgan fingerprint density at radius 3 is 2.19 bits per heavy atom. The van der Waals surface area contributed by atoms with Gasteiger partial charge in [-0.1, -0.05) is 51.5 Å². The molecule has 3 nitrogen and oxygen atoms in total. The van der Waals surface area contributed by atoms with E-state index in [1.807, 2.05) is 0 Å². The van der Waals surface area contributed by atoms with Crippen LogP contribution in [-0.2, 0) is 15.9 Å². The second kappa shape index (κ2) is 12.4. The van der Waals surface area contributed by atoms with Gasteiger partial charge in [-0.25, -0.2) is 8.78 Å². The van der Waals surface area contributed by atoms with E-state index in [2.05, 4.69) is 6.92 Å². The highest BCUT2D eigenvalue weighted by Crippen LogP contribution is 2.30. The van der Waals surface area contributed by atoms with Gasteiger partial charge in [-0.05, 0) is 37.3 Å². The van der Waals surface area contributed by atoms with Crippen molar-refractivity contribution in [3.8, 4) is 0 Å². The largest absolute Gasteiger partial charge is 0.343 e. The quantitative estimate of drug-likeness (QED) is 0.342. The minimum absolute atomic E-state index is 0.188. The van der Waals surface area contributed by atoms with Crippen LogP contribution in [0.2, 0.25) is 0 Å². The van der Waals surface area contributed by atoms with Gasteiger partial charge < -0.3 is 14.6 Å². The molecule has 1 unspecified atom stereocenters. The lowest BCUT2D eigenvalue weighted by Crippen LogP contribution is -2.42. The third-order valence-corrected chi connectivity index (χ3v) is 5.02. The average molecular weight is 372 g/mol. The first-order valence-corrected chi connectivity index (χ1v) is 9.73. The fraction of sp³-hybridized carbons (Fsp3) is 0.714. The Morgan fingerprint density at radius 2 is 1.58 bits per heavy atom. The SMILES string of the molecule is CCCCCCCCC(CCCc1ccc(F)cc1F)C(O)(OC)OC. The number of benzene rings is 1. The van der Waals surface area contributed by atoms with Crippen LogP contribution in [0.1, 0.15) is 70.3 Å². The smallest absolute Gasteiger partial charge is 0.282 e. The van der Waals surface area contributed by atoms with Crippen molar-refractivity contribution in [3.63, 3.8) is 0 Å². The highest BCUT2D eigenvalue weighted by molar-refractivity contribution is 5.18. The Balaban J connectivity index is 2.53. The molecule has 0 heterocycles. The van der Waals surface area contributed by atoms with Crippen molar-refractivity contribution in [2.24, 2.45) is 5.92 Å². The number of aryl methyl sites for hydroxylation is 1. The summed E-state index contributed by atoms with van der Waals surface area (Å²) in [7, 11) is 2.86. The summed E-state index contributed by atoms with van der Waals surface area (Å²) >= 11 is 0. The van der Waals surface area contributed by atoms with E-state index < -0.39 is 17.6 Å². The lowest BCUT2D eigenvalue weighted by molar-refractivity contribution is -0.369. The van der Waals surface area contributed by atoms with Crippen LogP contribution in [0.3, 0.4) is 0 Å². The molecule has 0 aliphatic heterocycles. The summed E-state index contributed by atoms with van der Waals surface area (Å²) < 4.78 is 37.1. The molecular weight excluding hydrogens is 338 g/mol. The van der Waals surface area contributed by atoms with Crippen LogP contribution in [-0.4, -0.2) is 25.3 Å². The fourth-order valence-corrected chi connectivity index (χ4v) is 3.36. The van der Waals surface area contributed by atoms with Crippen molar-refractivity contribution in [1.29, 1.82) is 0 Å². The van der Waals surface area contributed by atoms with Gasteiger partial charge in [0.15, 0.2) is 0 Å². The number of hydrogen-bond acceptors (Lipinski definition) is 3. The monoisotopic (exact) mass is 372 g/mol. The summed E-state index contributed by atoms with van der Waals surface area (Å²) in [6.45, 7) is 2.19. The average Bonchev–Trinajstić information content (AvgIpc) is 2.64. The highest BCUT2D eigenvalue weighted by Gasteiger charge is 2.36. The van der Waals surface area contributed by atoms with E-state index in [0.717, 1.165) is 25.3 Å². The molecule has 0 fully saturated rings. The molecule has 26 heavy (non-hydrogen) atoms. The zero-order valence-electron chi connectivity index (χ0n) is 16.4. The lowest BCUT2D eigenvalue weighted by atomic mass is 9.91. The number of ether oxygens (including phenoxy) is 2. The molecular formula is C21H34F2O3. The first kappa shape index (κ1) is 23.0. The first-order valence-electron chi connectivity index (χ1n) is 9.73. The van der Waals surface area contributed by atoms with Crippen molar-refractivity contribution >= 4 is 0 Å². The summed E-state index contributed by atoms with van der Waals surface area (Å²) in [5.74, 6) is -2.90. The number of methoxy groups -OCH3 is 2. The molecule has 1 rings (SSSR count). The summed E-state index contributed by atoms with van der Waals surface area (Å²) in [4.78, 5) is 0. The summed E-state index contributed by atoms with van der Waals surface area (Å²) in [5, 5.41) is 10.5. The summed E-state index contributed by atoms with van der Waals surface area (Å²) in [5.41, 5.74) is 0.489. The van der Waals surface area contributed by atoms with Gasteiger partial charge in [0, 0.05) is 26.2 Å². The molecule has 0 spiro atoms. The first-order chi connectivity index (χ1) is 12.5. The third kappa shape index (κ3) is 7.68. The lowest BCUT2D eigenvalue weighted by Gasteiger charge is -2.33. The zero-order valence-corrected chi connectivity index (χ0v) is 16.4. The maximum absolute atomic E-state index is 13.8. The second-order valence-electron chi connectivity index (χ2n) is 6.92. The number of halogens is 2. The van der Waals surface area contributed by atoms with Gasteiger partial charge in [0.2, 0.25) is 0 Å². The summed E-state index contributed by atoms with van der Waals surface area (Å²) in [6.07, 6.45) is 9.60. The van der Waals surface area contributed by atoms with Gasteiger partial charge in [0.1, 0.15) is 11.6 Å². The molecule has 0 amide bonds. The molecule has 0 bridgehead atoms. The number of aliphatic hydroxyl groups is 1. The minimum Gasteiger partial charge on any atom is -0.343 e. The van der Waals surface area contributed by atoms with Crippen molar-refractivity contribution < 1.29 is 23.4 Å². The standard InChI is InChI=1S/C21H34F2O3/c1-4-5-6-7-8-9-12-18(21(24,25-2)26-3)13-10-11-17-14-15-19(22)16-20(17)23/h14-16,18,24H,4-13H2,1-3H3. The van der Waals surface area contributed by atoms with Crippen molar-refractivity contribution in [2.45, 2.75) is 77.1 Å². The Hall–Kier alpha value is -1.04. The number of hydrogen-bond donors (Lipinski definition) is 1. The summed E-state index contributed by atoms with van der Waals surface area (Å²) in [6, 6.07) is 3.66. The van der Waals surface area contributed by atoms with Gasteiger partial charge in [0.25, 0.3) is 5.97 Å². The predicted molar refractivity (Wildman–Crippen MR) is 99.7 cm³/mol. The van der Waals surface area contributed by atoms with Gasteiger partial charge in [0.05, 0.1) is 0 Å². The van der Waals surface area contributed by atoms with E-state index in [4.69, 9.17) is 9.47 Å². The molecule has 1 atom stereocenters. The Labute approximate surface area is 156 Å². The molecule has 1 aromatic rings. The normalized spacial score (nSPS) is 13.2. The molecule has 1 N–H and O–H groups in total. The molecule has 0 saturated carbocycles. The molecule has 1 aromatic carbocycles. The topological polar surface area (TPSA) is 38.7 Å². The van der Waals surface area contributed by atoms with Gasteiger partial charge in [-0.15, -0.1) is 0 Å². The molecule has 0 aromatic heterocycles. The van der Waals surface area contributed by atoms with Crippen LogP contribution < -0.4 is 0 Å². The van der Waals surface area contributed by atoms with Gasteiger partial charge in [-0.2, -0.15) is 0 Å². The van der Waals surface area contributed by atoms with E-state index in [9.17, 15) is 13.9 Å². The molecule has 5 heteroatoms. The van der Waals surface area contributed by atoms with Crippen molar-refractivity contribution in [3.05, 3.63) is 35.4 Å². The van der Waals surface area contributed by atoms with Gasteiger partial charge in [-0.3, -0.25) is 0 Å². The molecule has 0 aliphatic rings. The molecule has 0 aliphatic carbocycles. The second-order valence-corrected chi connectivity index (χ2v) is 6.92.